The standard InChI is InChI=1S/C20H19F2N3O2/c1-3-27-20(26)18(22)17(21)14-6-8-15(9-7-14)19-23-12-25(24-19)16-10-4-13(2)5-11-16/h4-12,17-18H,3H2,1-2H3. The Morgan fingerprint density at radius 3 is 2.41 bits per heavy atom. The van der Waals surface area contributed by atoms with Gasteiger partial charge in [-0.15, -0.1) is 5.10 Å². The minimum atomic E-state index is -2.35. The molecule has 0 radical (unpaired) electrons. The second kappa shape index (κ2) is 8.07. The van der Waals surface area contributed by atoms with Crippen LogP contribution in [0.1, 0.15) is 24.2 Å². The van der Waals surface area contributed by atoms with E-state index < -0.39 is 18.3 Å². The fourth-order valence-corrected chi connectivity index (χ4v) is 2.54. The van der Waals surface area contributed by atoms with Gasteiger partial charge in [0.1, 0.15) is 6.33 Å². The Kier molecular flexibility index (Phi) is 5.59. The van der Waals surface area contributed by atoms with E-state index in [0.29, 0.717) is 11.4 Å². The molecular weight excluding hydrogens is 352 g/mol. The van der Waals surface area contributed by atoms with Crippen LogP contribution in [0.5, 0.6) is 0 Å². The number of alkyl halides is 2. The van der Waals surface area contributed by atoms with Gasteiger partial charge in [-0.2, -0.15) is 0 Å². The lowest BCUT2D eigenvalue weighted by atomic mass is 10.0. The topological polar surface area (TPSA) is 57.0 Å². The molecule has 1 aromatic heterocycles. The van der Waals surface area contributed by atoms with E-state index in [9.17, 15) is 13.6 Å². The molecule has 2 aromatic carbocycles. The van der Waals surface area contributed by atoms with Crippen LogP contribution in [0.15, 0.2) is 54.9 Å². The average molecular weight is 371 g/mol. The van der Waals surface area contributed by atoms with E-state index in [1.54, 1.807) is 23.1 Å². The van der Waals surface area contributed by atoms with Crippen LogP contribution in [-0.4, -0.2) is 33.5 Å². The monoisotopic (exact) mass is 371 g/mol. The van der Waals surface area contributed by atoms with Gasteiger partial charge in [-0.1, -0.05) is 42.0 Å². The van der Waals surface area contributed by atoms with Crippen LogP contribution in [0.2, 0.25) is 0 Å². The Labute approximate surface area is 155 Å². The van der Waals surface area contributed by atoms with Gasteiger partial charge in [0.25, 0.3) is 0 Å². The predicted octanol–water partition coefficient (Wildman–Crippen LogP) is 4.15. The van der Waals surface area contributed by atoms with Gasteiger partial charge in [-0.25, -0.2) is 23.2 Å². The van der Waals surface area contributed by atoms with Crippen LogP contribution in [0.25, 0.3) is 17.1 Å². The van der Waals surface area contributed by atoms with Crippen molar-refractivity contribution in [1.29, 1.82) is 0 Å². The zero-order valence-corrected chi connectivity index (χ0v) is 15.0. The van der Waals surface area contributed by atoms with E-state index in [2.05, 4.69) is 14.8 Å². The molecule has 0 bridgehead atoms. The molecule has 0 saturated carbocycles. The lowest BCUT2D eigenvalue weighted by Gasteiger charge is -2.13. The van der Waals surface area contributed by atoms with Crippen LogP contribution in [0.4, 0.5) is 8.78 Å². The van der Waals surface area contributed by atoms with E-state index in [1.165, 1.54) is 19.1 Å². The molecule has 0 amide bonds. The molecule has 2 unspecified atom stereocenters. The first-order valence-corrected chi connectivity index (χ1v) is 8.53. The Morgan fingerprint density at radius 1 is 1.11 bits per heavy atom. The first-order chi connectivity index (χ1) is 13.0. The molecular formula is C20H19F2N3O2. The number of hydrogen-bond donors (Lipinski definition) is 0. The minimum Gasteiger partial charge on any atom is -0.464 e. The molecule has 0 aliphatic heterocycles. The number of benzene rings is 2. The van der Waals surface area contributed by atoms with Gasteiger partial charge in [0, 0.05) is 5.56 Å². The van der Waals surface area contributed by atoms with E-state index >= 15 is 0 Å². The number of rotatable bonds is 6. The second-order valence-corrected chi connectivity index (χ2v) is 6.03. The molecule has 140 valence electrons. The number of carbonyl (C=O) groups is 1. The molecule has 1 heterocycles. The summed E-state index contributed by atoms with van der Waals surface area (Å²) < 4.78 is 34.2. The van der Waals surface area contributed by atoms with E-state index in [1.807, 2.05) is 31.2 Å². The highest BCUT2D eigenvalue weighted by Gasteiger charge is 2.30. The van der Waals surface area contributed by atoms with E-state index in [0.717, 1.165) is 11.3 Å². The zero-order valence-electron chi connectivity index (χ0n) is 15.0. The smallest absolute Gasteiger partial charge is 0.344 e. The molecule has 0 fully saturated rings. The molecule has 0 spiro atoms. The first-order valence-electron chi connectivity index (χ1n) is 8.53. The number of ether oxygens (including phenoxy) is 1. The van der Waals surface area contributed by atoms with Crippen molar-refractivity contribution in [2.24, 2.45) is 0 Å². The summed E-state index contributed by atoms with van der Waals surface area (Å²) in [6.45, 7) is 3.54. The highest BCUT2D eigenvalue weighted by Crippen LogP contribution is 2.27. The van der Waals surface area contributed by atoms with Crippen LogP contribution in [0.3, 0.4) is 0 Å². The highest BCUT2D eigenvalue weighted by molar-refractivity contribution is 5.75. The third-order valence-corrected chi connectivity index (χ3v) is 4.05. The van der Waals surface area contributed by atoms with Crippen LogP contribution in [-0.2, 0) is 9.53 Å². The maximum Gasteiger partial charge on any atom is 0.344 e. The lowest BCUT2D eigenvalue weighted by Crippen LogP contribution is -2.23. The molecule has 0 aliphatic carbocycles. The van der Waals surface area contributed by atoms with Gasteiger partial charge >= 0.3 is 5.97 Å². The lowest BCUT2D eigenvalue weighted by molar-refractivity contribution is -0.151. The summed E-state index contributed by atoms with van der Waals surface area (Å²) in [4.78, 5) is 15.6. The number of halogens is 2. The Hall–Kier alpha value is -3.09. The van der Waals surface area contributed by atoms with Gasteiger partial charge in [0.15, 0.2) is 12.0 Å². The Bertz CT molecular complexity index is 908. The number of carbonyl (C=O) groups excluding carboxylic acids is 1. The first kappa shape index (κ1) is 18.7. The number of nitrogens with zero attached hydrogens (tertiary/aromatic N) is 3. The molecule has 3 rings (SSSR count). The average Bonchev–Trinajstić information content (AvgIpc) is 3.18. The van der Waals surface area contributed by atoms with Gasteiger partial charge in [0.2, 0.25) is 6.17 Å². The van der Waals surface area contributed by atoms with Crippen LogP contribution in [0, 0.1) is 6.92 Å². The third-order valence-electron chi connectivity index (χ3n) is 4.05. The SMILES string of the molecule is CCOC(=O)C(F)C(F)c1ccc(-c2ncn(-c3ccc(C)cc3)n2)cc1. The fourth-order valence-electron chi connectivity index (χ4n) is 2.54. The van der Waals surface area contributed by atoms with Crippen molar-refractivity contribution < 1.29 is 18.3 Å². The number of aryl methyl sites for hydroxylation is 1. The van der Waals surface area contributed by atoms with Crippen molar-refractivity contribution in [3.05, 3.63) is 66.0 Å². The van der Waals surface area contributed by atoms with Crippen LogP contribution >= 0.6 is 0 Å². The molecule has 5 nitrogen and oxygen atoms in total. The van der Waals surface area contributed by atoms with Crippen molar-refractivity contribution in [2.75, 3.05) is 6.61 Å². The second-order valence-electron chi connectivity index (χ2n) is 6.03. The number of aromatic nitrogens is 3. The molecule has 0 N–H and O–H groups in total. The molecule has 27 heavy (non-hydrogen) atoms. The van der Waals surface area contributed by atoms with Crippen molar-refractivity contribution in [3.8, 4) is 17.1 Å². The zero-order chi connectivity index (χ0) is 19.4. The normalized spacial score (nSPS) is 13.2. The number of hydrogen-bond acceptors (Lipinski definition) is 4. The summed E-state index contributed by atoms with van der Waals surface area (Å²) in [5.74, 6) is -0.743. The molecule has 0 saturated heterocycles. The van der Waals surface area contributed by atoms with Crippen molar-refractivity contribution in [3.63, 3.8) is 0 Å². The third kappa shape index (κ3) is 4.19. The van der Waals surface area contributed by atoms with E-state index in [4.69, 9.17) is 0 Å². The maximum absolute atomic E-state index is 14.2. The van der Waals surface area contributed by atoms with Crippen LogP contribution < -0.4 is 0 Å². The molecule has 3 aromatic rings. The fraction of sp³-hybridized carbons (Fsp3) is 0.250. The number of esters is 1. The summed E-state index contributed by atoms with van der Waals surface area (Å²) >= 11 is 0. The summed E-state index contributed by atoms with van der Waals surface area (Å²) in [6, 6.07) is 13.8. The summed E-state index contributed by atoms with van der Waals surface area (Å²) in [7, 11) is 0. The maximum atomic E-state index is 14.2. The van der Waals surface area contributed by atoms with E-state index in [-0.39, 0.29) is 12.2 Å². The predicted molar refractivity (Wildman–Crippen MR) is 96.9 cm³/mol. The highest BCUT2D eigenvalue weighted by atomic mass is 19.2. The molecule has 0 aliphatic rings. The van der Waals surface area contributed by atoms with Crippen molar-refractivity contribution >= 4 is 5.97 Å². The van der Waals surface area contributed by atoms with Gasteiger partial charge in [0.05, 0.1) is 12.3 Å². The Morgan fingerprint density at radius 2 is 1.78 bits per heavy atom. The van der Waals surface area contributed by atoms with Crippen molar-refractivity contribution in [2.45, 2.75) is 26.2 Å². The largest absolute Gasteiger partial charge is 0.464 e. The summed E-state index contributed by atoms with van der Waals surface area (Å²) in [6.07, 6.45) is -2.85. The summed E-state index contributed by atoms with van der Waals surface area (Å²) in [5.41, 5.74) is 2.72. The van der Waals surface area contributed by atoms with Gasteiger partial charge < -0.3 is 4.74 Å². The molecule has 2 atom stereocenters. The summed E-state index contributed by atoms with van der Waals surface area (Å²) in [5, 5.41) is 4.41. The van der Waals surface area contributed by atoms with Gasteiger partial charge in [-0.05, 0) is 31.5 Å². The molecule has 7 heteroatoms. The van der Waals surface area contributed by atoms with Gasteiger partial charge in [-0.3, -0.25) is 0 Å². The quantitative estimate of drug-likeness (QED) is 0.611. The Balaban J connectivity index is 1.76. The van der Waals surface area contributed by atoms with Crippen molar-refractivity contribution in [1.82, 2.24) is 14.8 Å². The minimum absolute atomic E-state index is 0.000221.